The first-order valence-electron chi connectivity index (χ1n) is 6.90. The molecule has 0 aliphatic heterocycles. The van der Waals surface area contributed by atoms with E-state index in [2.05, 4.69) is 19.3 Å². The van der Waals surface area contributed by atoms with E-state index in [-0.39, 0.29) is 11.5 Å². The summed E-state index contributed by atoms with van der Waals surface area (Å²) < 4.78 is 26.6. The molecule has 0 radical (unpaired) electrons. The van der Waals surface area contributed by atoms with Gasteiger partial charge in [0.2, 0.25) is 0 Å². The fraction of sp³-hybridized carbons (Fsp3) is 0.294. The molecular weight excluding hydrogens is 270 g/mol. The van der Waals surface area contributed by atoms with Crippen LogP contribution in [0, 0.1) is 11.6 Å². The summed E-state index contributed by atoms with van der Waals surface area (Å²) in [4.78, 5) is 0. The molecule has 2 nitrogen and oxygen atoms in total. The van der Waals surface area contributed by atoms with Crippen molar-refractivity contribution in [2.24, 2.45) is 5.84 Å². The van der Waals surface area contributed by atoms with Gasteiger partial charge in [-0.2, -0.15) is 0 Å². The first kappa shape index (κ1) is 15.6. The van der Waals surface area contributed by atoms with Crippen molar-refractivity contribution >= 4 is 0 Å². The van der Waals surface area contributed by atoms with Crippen LogP contribution in [0.4, 0.5) is 8.78 Å². The van der Waals surface area contributed by atoms with Gasteiger partial charge in [0.25, 0.3) is 0 Å². The summed E-state index contributed by atoms with van der Waals surface area (Å²) in [7, 11) is 0. The Morgan fingerprint density at radius 1 is 1.05 bits per heavy atom. The lowest BCUT2D eigenvalue weighted by molar-refractivity contribution is 0.341. The molecule has 21 heavy (non-hydrogen) atoms. The third-order valence-electron chi connectivity index (χ3n) is 3.95. The van der Waals surface area contributed by atoms with Crippen LogP contribution in [0.2, 0.25) is 0 Å². The number of nitrogens with one attached hydrogen (secondary N) is 1. The van der Waals surface area contributed by atoms with Gasteiger partial charge in [0.1, 0.15) is 11.6 Å². The van der Waals surface area contributed by atoms with E-state index in [1.54, 1.807) is 0 Å². The van der Waals surface area contributed by atoms with E-state index in [4.69, 9.17) is 5.84 Å². The van der Waals surface area contributed by atoms with E-state index in [1.165, 1.54) is 12.1 Å². The number of hydrazine groups is 1. The van der Waals surface area contributed by atoms with Crippen LogP contribution in [-0.4, -0.2) is 6.04 Å². The summed E-state index contributed by atoms with van der Waals surface area (Å²) in [6, 6.07) is 13.3. The van der Waals surface area contributed by atoms with Gasteiger partial charge in [-0.1, -0.05) is 44.2 Å². The molecule has 1 atom stereocenters. The van der Waals surface area contributed by atoms with Crippen LogP contribution in [0.5, 0.6) is 0 Å². The molecular formula is C17H20F2N2. The topological polar surface area (TPSA) is 38.0 Å². The molecule has 2 aromatic rings. The number of hydrogen-bond donors (Lipinski definition) is 2. The van der Waals surface area contributed by atoms with Gasteiger partial charge in [0.15, 0.2) is 0 Å². The van der Waals surface area contributed by atoms with Gasteiger partial charge < -0.3 is 0 Å². The fourth-order valence-electron chi connectivity index (χ4n) is 2.56. The van der Waals surface area contributed by atoms with Crippen molar-refractivity contribution in [3.63, 3.8) is 0 Å². The molecule has 0 aromatic heterocycles. The summed E-state index contributed by atoms with van der Waals surface area (Å²) in [5.41, 5.74) is 4.20. The van der Waals surface area contributed by atoms with Crippen molar-refractivity contribution in [1.82, 2.24) is 5.43 Å². The first-order chi connectivity index (χ1) is 9.93. The van der Waals surface area contributed by atoms with Crippen LogP contribution in [0.1, 0.15) is 25.0 Å². The lowest BCUT2D eigenvalue weighted by Gasteiger charge is -2.34. The molecule has 0 bridgehead atoms. The van der Waals surface area contributed by atoms with Gasteiger partial charge in [0.05, 0.1) is 0 Å². The minimum Gasteiger partial charge on any atom is -0.271 e. The lowest BCUT2D eigenvalue weighted by Crippen LogP contribution is -2.49. The second-order valence-electron chi connectivity index (χ2n) is 5.79. The average Bonchev–Trinajstić information content (AvgIpc) is 2.44. The predicted molar refractivity (Wildman–Crippen MR) is 80.6 cm³/mol. The third-order valence-corrected chi connectivity index (χ3v) is 3.95. The third kappa shape index (κ3) is 3.65. The second-order valence-corrected chi connectivity index (χ2v) is 5.79. The van der Waals surface area contributed by atoms with Crippen molar-refractivity contribution in [2.45, 2.75) is 31.7 Å². The largest absolute Gasteiger partial charge is 0.271 e. The fourth-order valence-corrected chi connectivity index (χ4v) is 2.56. The van der Waals surface area contributed by atoms with Crippen molar-refractivity contribution < 1.29 is 8.78 Å². The van der Waals surface area contributed by atoms with Crippen LogP contribution < -0.4 is 11.3 Å². The number of halogens is 2. The zero-order valence-corrected chi connectivity index (χ0v) is 12.2. The Labute approximate surface area is 124 Å². The lowest BCUT2D eigenvalue weighted by atomic mass is 9.75. The summed E-state index contributed by atoms with van der Waals surface area (Å²) in [6.07, 6.45) is 0.438. The summed E-state index contributed by atoms with van der Waals surface area (Å²) in [5, 5.41) is 0. The van der Waals surface area contributed by atoms with Crippen molar-refractivity contribution in [1.29, 1.82) is 0 Å². The molecule has 0 spiro atoms. The Bertz CT molecular complexity index is 577. The van der Waals surface area contributed by atoms with E-state index in [1.807, 2.05) is 30.3 Å². The van der Waals surface area contributed by atoms with Crippen molar-refractivity contribution in [3.05, 3.63) is 71.3 Å². The van der Waals surface area contributed by atoms with Crippen LogP contribution in [0.3, 0.4) is 0 Å². The maximum absolute atomic E-state index is 13.3. The van der Waals surface area contributed by atoms with Gasteiger partial charge in [0, 0.05) is 17.5 Å². The molecule has 0 saturated heterocycles. The molecule has 1 unspecified atom stereocenters. The van der Waals surface area contributed by atoms with Crippen LogP contribution in [0.15, 0.2) is 48.5 Å². The Kier molecular flexibility index (Phi) is 4.70. The Hall–Kier alpha value is -1.78. The predicted octanol–water partition coefficient (Wildman–Crippen LogP) is 3.32. The van der Waals surface area contributed by atoms with E-state index < -0.39 is 11.6 Å². The smallest absolute Gasteiger partial charge is 0.126 e. The Balaban J connectivity index is 2.27. The van der Waals surface area contributed by atoms with Gasteiger partial charge in [-0.05, 0) is 29.7 Å². The maximum atomic E-state index is 13.3. The zero-order chi connectivity index (χ0) is 15.5. The highest BCUT2D eigenvalue weighted by Crippen LogP contribution is 2.29. The molecule has 0 saturated carbocycles. The molecule has 112 valence electrons. The molecule has 2 rings (SSSR count). The first-order valence-corrected chi connectivity index (χ1v) is 6.90. The monoisotopic (exact) mass is 290 g/mol. The van der Waals surface area contributed by atoms with E-state index in [9.17, 15) is 8.78 Å². The van der Waals surface area contributed by atoms with Crippen molar-refractivity contribution in [2.75, 3.05) is 0 Å². The van der Waals surface area contributed by atoms with Crippen LogP contribution >= 0.6 is 0 Å². The van der Waals surface area contributed by atoms with Gasteiger partial charge in [-0.15, -0.1) is 0 Å². The molecule has 0 amide bonds. The highest BCUT2D eigenvalue weighted by atomic mass is 19.1. The number of hydrogen-bond acceptors (Lipinski definition) is 2. The summed E-state index contributed by atoms with van der Waals surface area (Å²) in [5.74, 6) is 4.54. The molecule has 0 aliphatic rings. The van der Waals surface area contributed by atoms with Crippen LogP contribution in [0.25, 0.3) is 0 Å². The van der Waals surface area contributed by atoms with Crippen LogP contribution in [-0.2, 0) is 11.8 Å². The maximum Gasteiger partial charge on any atom is 0.126 e. The quantitative estimate of drug-likeness (QED) is 0.655. The van der Waals surface area contributed by atoms with E-state index >= 15 is 0 Å². The number of nitrogens with two attached hydrogens (primary N) is 1. The van der Waals surface area contributed by atoms with Gasteiger partial charge in [-0.3, -0.25) is 11.3 Å². The highest BCUT2D eigenvalue weighted by molar-refractivity contribution is 5.28. The minimum absolute atomic E-state index is 0.152. The second kappa shape index (κ2) is 6.33. The average molecular weight is 290 g/mol. The highest BCUT2D eigenvalue weighted by Gasteiger charge is 2.30. The molecule has 0 aliphatic carbocycles. The molecule has 2 aromatic carbocycles. The minimum atomic E-state index is -0.571. The zero-order valence-electron chi connectivity index (χ0n) is 12.2. The summed E-state index contributed by atoms with van der Waals surface area (Å²) in [6.45, 7) is 4.12. The molecule has 0 fully saturated rings. The van der Waals surface area contributed by atoms with Gasteiger partial charge >= 0.3 is 0 Å². The molecule has 3 N–H and O–H groups in total. The van der Waals surface area contributed by atoms with Crippen molar-refractivity contribution in [3.8, 4) is 0 Å². The Morgan fingerprint density at radius 2 is 1.62 bits per heavy atom. The summed E-state index contributed by atoms with van der Waals surface area (Å²) >= 11 is 0. The normalized spacial score (nSPS) is 13.2. The van der Waals surface area contributed by atoms with Gasteiger partial charge in [-0.25, -0.2) is 8.78 Å². The van der Waals surface area contributed by atoms with E-state index in [0.717, 1.165) is 11.6 Å². The van der Waals surface area contributed by atoms with E-state index in [0.29, 0.717) is 12.0 Å². The molecule has 0 heterocycles. The number of benzene rings is 2. The standard InChI is InChI=1S/C17H20F2N2/c1-17(2,13-6-4-3-5-7-13)16(21-20)10-12-8-14(18)11-15(19)9-12/h3-9,11,16,21H,10,20H2,1-2H3. The Morgan fingerprint density at radius 3 is 2.14 bits per heavy atom. The molecule has 4 heteroatoms. The SMILES string of the molecule is CC(C)(c1ccccc1)C(Cc1cc(F)cc(F)c1)NN. The number of rotatable bonds is 5.